The molecule has 0 radical (unpaired) electrons. The number of aliphatic hydroxyl groups excluding tert-OH is 9. The third-order valence-electron chi connectivity index (χ3n) is 20.4. The average molecular weight is 1210 g/mol. The van der Waals surface area contributed by atoms with Crippen LogP contribution in [0.25, 0.3) is 0 Å². The van der Waals surface area contributed by atoms with Gasteiger partial charge < -0.3 is 103 Å². The Hall–Kier alpha value is -2.47. The first-order valence-corrected chi connectivity index (χ1v) is 29.9. The predicted octanol–water partition coefficient (Wildman–Crippen LogP) is -1.29. The van der Waals surface area contributed by atoms with Crippen molar-refractivity contribution in [2.24, 2.45) is 33.5 Å². The van der Waals surface area contributed by atoms with Gasteiger partial charge in [-0.15, -0.1) is 0 Å². The third kappa shape index (κ3) is 10.9. The zero-order chi connectivity index (χ0) is 60.9. The second-order valence-electron chi connectivity index (χ2n) is 25.7. The Bertz CT molecular complexity index is 2530. The zero-order valence-electron chi connectivity index (χ0n) is 48.2. The number of carbonyl (C=O) groups excluding carboxylic acids is 2. The van der Waals surface area contributed by atoms with E-state index in [1.54, 1.807) is 6.92 Å². The van der Waals surface area contributed by atoms with Crippen molar-refractivity contribution < 1.29 is 130 Å². The highest BCUT2D eigenvalue weighted by molar-refractivity contribution is 7.80. The molecule has 0 aromatic rings. The van der Waals surface area contributed by atoms with Crippen LogP contribution < -0.4 is 0 Å². The van der Waals surface area contributed by atoms with Crippen LogP contribution in [0.15, 0.2) is 23.3 Å². The maximum absolute atomic E-state index is 14.7. The molecule has 28 heteroatoms. The van der Waals surface area contributed by atoms with Crippen molar-refractivity contribution in [2.45, 2.75) is 241 Å². The molecule has 9 aliphatic rings. The lowest BCUT2D eigenvalue weighted by Gasteiger charge is -2.64. The van der Waals surface area contributed by atoms with Crippen molar-refractivity contribution >= 4 is 22.3 Å². The molecular formula is C55H86O27S. The Balaban J connectivity index is 0.925. The van der Waals surface area contributed by atoms with Crippen molar-refractivity contribution in [3.63, 3.8) is 0 Å². The lowest BCUT2D eigenvalue weighted by molar-refractivity contribution is -0.385. The largest absolute Gasteiger partial charge is 0.459 e. The summed E-state index contributed by atoms with van der Waals surface area (Å²) in [5.74, 6) is -1.31. The van der Waals surface area contributed by atoms with Gasteiger partial charge >= 0.3 is 22.3 Å². The molecule has 0 bridgehead atoms. The number of fused-ring (bicyclic) bond motifs is 4. The smallest absolute Gasteiger partial charge is 0.397 e. The Labute approximate surface area is 481 Å². The molecule has 0 aromatic heterocycles. The molecule has 0 unspecified atom stereocenters. The Kier molecular flexibility index (Phi) is 18.6. The summed E-state index contributed by atoms with van der Waals surface area (Å²) in [6, 6.07) is 0. The highest BCUT2D eigenvalue weighted by atomic mass is 32.3. The highest BCUT2D eigenvalue weighted by Gasteiger charge is 2.87. The quantitative estimate of drug-likeness (QED) is 0.0458. The molecule has 9 rings (SSSR count). The molecule has 27 nitrogen and oxygen atoms in total. The summed E-state index contributed by atoms with van der Waals surface area (Å²) in [7, 11) is -4.03. The molecule has 27 atom stereocenters. The second kappa shape index (κ2) is 23.8. The van der Waals surface area contributed by atoms with Gasteiger partial charge in [-0.3, -0.25) is 14.1 Å². The number of esters is 2. The number of carbonyl (C=O) groups is 2. The molecule has 83 heavy (non-hydrogen) atoms. The minimum atomic E-state index is -5.21. The van der Waals surface area contributed by atoms with E-state index < -0.39 is 204 Å². The normalized spacial score (nSPS) is 49.5. The van der Waals surface area contributed by atoms with E-state index >= 15 is 0 Å². The number of aliphatic hydroxyl groups is 10. The number of ether oxygens (including phenoxy) is 11. The topological polar surface area (TPSA) is 402 Å². The molecule has 11 N–H and O–H groups in total. The van der Waals surface area contributed by atoms with Crippen molar-refractivity contribution in [3.05, 3.63) is 23.3 Å². The summed E-state index contributed by atoms with van der Waals surface area (Å²) in [4.78, 5) is 27.5. The molecule has 5 aliphatic heterocycles. The Morgan fingerprint density at radius 2 is 1.36 bits per heavy atom. The molecule has 4 aliphatic carbocycles. The SMILES string of the molecule is CO[C@@H]1[C@@H](O)[C@H](O[C@@H]2[C@@H](O)[C@H](O[C@H]3[C@H](O)[C@@H](O)[C@H](O[C@H]4[C@H](O[C@H]5CC[C@]6(C)[C@@H]7CC[C@]89C(=O)O[C@@](C)(CCC=C(C)C)[C@@]8(O)[C@@H](OC(C)=O)C[C@@]9(C)C7=CC[C@H]6C5(C)C)OC[C@@H](OS(=O)(=O)O)[C@@H]4O)O[C@@H]3CO)OC[C@H]2O)O[C@H](CO)[C@H]1O. The van der Waals surface area contributed by atoms with E-state index in [4.69, 9.17) is 56.3 Å². The average Bonchev–Trinajstić information content (AvgIpc) is 1.58. The predicted molar refractivity (Wildman–Crippen MR) is 279 cm³/mol. The zero-order valence-corrected chi connectivity index (χ0v) is 49.0. The maximum atomic E-state index is 14.7. The summed E-state index contributed by atoms with van der Waals surface area (Å²) < 4.78 is 104. The first-order chi connectivity index (χ1) is 38.8. The third-order valence-corrected chi connectivity index (χ3v) is 20.9. The number of cyclic esters (lactones) is 1. The van der Waals surface area contributed by atoms with Crippen molar-refractivity contribution in [2.75, 3.05) is 33.5 Å². The highest BCUT2D eigenvalue weighted by Crippen LogP contribution is 2.78. The van der Waals surface area contributed by atoms with Crippen LogP contribution in [-0.4, -0.2) is 244 Å². The van der Waals surface area contributed by atoms with Gasteiger partial charge in [0.05, 0.1) is 32.5 Å². The van der Waals surface area contributed by atoms with Crippen LogP contribution in [0.5, 0.6) is 0 Å². The molecule has 0 amide bonds. The van der Waals surface area contributed by atoms with Crippen LogP contribution in [0.1, 0.15) is 107 Å². The van der Waals surface area contributed by atoms with E-state index in [2.05, 4.69) is 13.0 Å². The fourth-order valence-corrected chi connectivity index (χ4v) is 16.8. The monoisotopic (exact) mass is 1210 g/mol. The van der Waals surface area contributed by atoms with Crippen LogP contribution >= 0.6 is 0 Å². The summed E-state index contributed by atoms with van der Waals surface area (Å²) >= 11 is 0. The summed E-state index contributed by atoms with van der Waals surface area (Å²) in [5.41, 5.74) is -4.71. The minimum Gasteiger partial charge on any atom is -0.459 e. The molecule has 5 saturated heterocycles. The van der Waals surface area contributed by atoms with Gasteiger partial charge in [-0.25, -0.2) is 4.18 Å². The van der Waals surface area contributed by atoms with Gasteiger partial charge in [0.15, 0.2) is 30.8 Å². The first-order valence-electron chi connectivity index (χ1n) is 28.6. The van der Waals surface area contributed by atoms with Crippen LogP contribution in [0.4, 0.5) is 0 Å². The molecule has 5 heterocycles. The first kappa shape index (κ1) is 65.0. The van der Waals surface area contributed by atoms with Gasteiger partial charge in [-0.05, 0) is 94.8 Å². The van der Waals surface area contributed by atoms with E-state index in [1.165, 1.54) is 14.0 Å². The number of hydrogen-bond acceptors (Lipinski definition) is 26. The van der Waals surface area contributed by atoms with Gasteiger partial charge in [0.2, 0.25) is 0 Å². The molecule has 0 aromatic carbocycles. The van der Waals surface area contributed by atoms with Gasteiger partial charge in [-0.1, -0.05) is 51.0 Å². The lowest BCUT2D eigenvalue weighted by atomic mass is 9.40. The van der Waals surface area contributed by atoms with Crippen molar-refractivity contribution in [1.29, 1.82) is 0 Å². The van der Waals surface area contributed by atoms with Crippen LogP contribution in [0.2, 0.25) is 0 Å². The lowest BCUT2D eigenvalue weighted by Crippen LogP contribution is -2.66. The standard InChI is InChI=1S/C55H86O27S/c1-24(2)11-10-16-53(8)55(67)34(74-25(3)58)19-52(7)27-12-13-32-50(4,5)33(15-17-51(32,6)26(27)14-18-54(52,55)49(66)81-53)77-48-44(36(61)31(23-73-48)82-83(68,69)70)80-46-38(63)37(62)42(30(21-57)76-46)79-45-39(64)41(28(59)22-72-45)78-47-40(65)43(71-9)35(60)29(20-56)75-47/h11-12,26,28-48,56-57,59-65,67H,10,13-23H2,1-9H3,(H,68,69,70)/t26-,28-,29-,30-,31-,32+,33+,34+,35-,36+,37-,38-,39-,40-,41+,42-,43+,44-,45+,46+,47+,48+,51-,52+,53+,54-,55+/m1/s1. The molecular weight excluding hydrogens is 1120 g/mol. The minimum absolute atomic E-state index is 0.103. The molecule has 1 spiro atoms. The number of allylic oxidation sites excluding steroid dienone is 4. The van der Waals surface area contributed by atoms with Gasteiger partial charge in [0.25, 0.3) is 0 Å². The fraction of sp³-hybridized carbons (Fsp3) is 0.891. The van der Waals surface area contributed by atoms with Crippen LogP contribution in [0.3, 0.4) is 0 Å². The maximum Gasteiger partial charge on any atom is 0.397 e. The van der Waals surface area contributed by atoms with E-state index in [0.717, 1.165) is 11.1 Å². The van der Waals surface area contributed by atoms with E-state index in [1.807, 2.05) is 40.7 Å². The summed E-state index contributed by atoms with van der Waals surface area (Å²) in [5, 5.41) is 112. The van der Waals surface area contributed by atoms with Crippen molar-refractivity contribution in [1.82, 2.24) is 0 Å². The van der Waals surface area contributed by atoms with Crippen LogP contribution in [0, 0.1) is 33.5 Å². The number of hydrogen-bond donors (Lipinski definition) is 11. The second-order valence-corrected chi connectivity index (χ2v) is 26.8. The van der Waals surface area contributed by atoms with Gasteiger partial charge in [0.1, 0.15) is 103 Å². The van der Waals surface area contributed by atoms with E-state index in [0.29, 0.717) is 38.5 Å². The van der Waals surface area contributed by atoms with E-state index in [9.17, 15) is 73.6 Å². The van der Waals surface area contributed by atoms with Crippen LogP contribution in [-0.2, 0) is 76.3 Å². The Morgan fingerprint density at radius 1 is 0.735 bits per heavy atom. The fourth-order valence-electron chi connectivity index (χ4n) is 16.3. The number of methoxy groups -OCH3 is 1. The number of rotatable bonds is 17. The Morgan fingerprint density at radius 3 is 2.00 bits per heavy atom. The van der Waals surface area contributed by atoms with E-state index in [-0.39, 0.29) is 24.7 Å². The van der Waals surface area contributed by atoms with Crippen molar-refractivity contribution in [3.8, 4) is 0 Å². The van der Waals surface area contributed by atoms with Gasteiger partial charge in [-0.2, -0.15) is 8.42 Å². The summed E-state index contributed by atoms with van der Waals surface area (Å²) in [6.07, 6.45) is -25.3. The molecule has 3 saturated carbocycles. The summed E-state index contributed by atoms with van der Waals surface area (Å²) in [6.45, 7) is 12.3. The molecule has 8 fully saturated rings. The van der Waals surface area contributed by atoms with Gasteiger partial charge in [0, 0.05) is 19.4 Å². The molecule has 474 valence electrons.